The molecule has 2 unspecified atom stereocenters. The minimum absolute atomic E-state index is 0.0436. The number of hydrogen-bond acceptors (Lipinski definition) is 4. The zero-order valence-corrected chi connectivity index (χ0v) is 13.8. The highest BCUT2D eigenvalue weighted by Gasteiger charge is 2.21. The van der Waals surface area contributed by atoms with Crippen LogP contribution < -0.4 is 10.5 Å². The zero-order valence-electron chi connectivity index (χ0n) is 12.2. The van der Waals surface area contributed by atoms with Gasteiger partial charge in [-0.05, 0) is 36.2 Å². The Morgan fingerprint density at radius 1 is 1.19 bits per heavy atom. The van der Waals surface area contributed by atoms with Crippen LogP contribution in [0.5, 0.6) is 5.75 Å². The molecule has 0 aliphatic rings. The molecule has 114 valence electrons. The number of rotatable bonds is 7. The van der Waals surface area contributed by atoms with Gasteiger partial charge in [0.15, 0.2) is 0 Å². The van der Waals surface area contributed by atoms with Crippen LogP contribution in [0, 0.1) is 0 Å². The van der Waals surface area contributed by atoms with Gasteiger partial charge in [-0.3, -0.25) is 0 Å². The summed E-state index contributed by atoms with van der Waals surface area (Å²) in [5.41, 5.74) is 7.28. The van der Waals surface area contributed by atoms with Crippen LogP contribution in [0.4, 0.5) is 0 Å². The molecule has 2 atom stereocenters. The molecule has 0 bridgehead atoms. The van der Waals surface area contributed by atoms with Gasteiger partial charge in [-0.15, -0.1) is 11.3 Å². The first-order valence-corrected chi connectivity index (χ1v) is 8.08. The van der Waals surface area contributed by atoms with Crippen molar-refractivity contribution in [1.82, 2.24) is 0 Å². The molecule has 0 saturated heterocycles. The van der Waals surface area contributed by atoms with Crippen LogP contribution in [-0.2, 0) is 11.3 Å². The number of nitrogens with two attached hydrogens (primary N) is 1. The number of halogens is 1. The minimum Gasteiger partial charge on any atom is -0.497 e. The normalized spacial score (nSPS) is 13.9. The molecule has 21 heavy (non-hydrogen) atoms. The summed E-state index contributed by atoms with van der Waals surface area (Å²) in [7, 11) is 1.66. The SMILES string of the molecule is CCC(N)C(OCc1ccc(OC)cc1)c1ccc(Cl)s1. The second-order valence-corrected chi connectivity index (χ2v) is 6.54. The van der Waals surface area contributed by atoms with Gasteiger partial charge in [0.2, 0.25) is 0 Å². The van der Waals surface area contributed by atoms with Gasteiger partial charge in [-0.1, -0.05) is 30.7 Å². The van der Waals surface area contributed by atoms with Crippen molar-refractivity contribution in [3.63, 3.8) is 0 Å². The van der Waals surface area contributed by atoms with Gasteiger partial charge in [0.25, 0.3) is 0 Å². The number of ether oxygens (including phenoxy) is 2. The van der Waals surface area contributed by atoms with Crippen LogP contribution in [0.25, 0.3) is 0 Å². The van der Waals surface area contributed by atoms with Crippen molar-refractivity contribution in [3.05, 3.63) is 51.2 Å². The molecule has 1 aromatic heterocycles. The molecule has 3 nitrogen and oxygen atoms in total. The standard InChI is InChI=1S/C16H20ClNO2S/c1-3-13(18)16(14-8-9-15(17)21-14)20-10-11-4-6-12(19-2)7-5-11/h4-9,13,16H,3,10,18H2,1-2H3. The summed E-state index contributed by atoms with van der Waals surface area (Å²) in [5.74, 6) is 0.839. The topological polar surface area (TPSA) is 44.5 Å². The van der Waals surface area contributed by atoms with Crippen LogP contribution >= 0.6 is 22.9 Å². The molecule has 2 rings (SSSR count). The maximum atomic E-state index is 6.19. The first kappa shape index (κ1) is 16.3. The van der Waals surface area contributed by atoms with E-state index in [2.05, 4.69) is 6.92 Å². The molecular weight excluding hydrogens is 306 g/mol. The van der Waals surface area contributed by atoms with E-state index in [1.165, 1.54) is 11.3 Å². The number of methoxy groups -OCH3 is 1. The molecule has 1 heterocycles. The lowest BCUT2D eigenvalue weighted by Crippen LogP contribution is -2.29. The van der Waals surface area contributed by atoms with Crippen LogP contribution in [0.3, 0.4) is 0 Å². The summed E-state index contributed by atoms with van der Waals surface area (Å²) in [6, 6.07) is 11.7. The second-order valence-electron chi connectivity index (χ2n) is 4.79. The Balaban J connectivity index is 2.04. The van der Waals surface area contributed by atoms with E-state index in [-0.39, 0.29) is 12.1 Å². The summed E-state index contributed by atoms with van der Waals surface area (Å²) in [6.45, 7) is 2.57. The third-order valence-electron chi connectivity index (χ3n) is 3.32. The van der Waals surface area contributed by atoms with E-state index in [4.69, 9.17) is 26.8 Å². The number of hydrogen-bond donors (Lipinski definition) is 1. The molecule has 0 radical (unpaired) electrons. The highest BCUT2D eigenvalue weighted by molar-refractivity contribution is 7.16. The number of thiophene rings is 1. The Bertz CT molecular complexity index is 556. The van der Waals surface area contributed by atoms with Crippen LogP contribution in [0.2, 0.25) is 4.34 Å². The van der Waals surface area contributed by atoms with Crippen molar-refractivity contribution in [3.8, 4) is 5.75 Å². The predicted molar refractivity (Wildman–Crippen MR) is 88.1 cm³/mol. The molecule has 2 aromatic rings. The van der Waals surface area contributed by atoms with Crippen molar-refractivity contribution in [2.45, 2.75) is 32.1 Å². The van der Waals surface area contributed by atoms with Crippen molar-refractivity contribution < 1.29 is 9.47 Å². The van der Waals surface area contributed by atoms with Gasteiger partial charge < -0.3 is 15.2 Å². The maximum Gasteiger partial charge on any atom is 0.118 e. The molecule has 1 aromatic carbocycles. The Morgan fingerprint density at radius 3 is 2.43 bits per heavy atom. The summed E-state index contributed by atoms with van der Waals surface area (Å²) in [5, 5.41) is 0. The fourth-order valence-electron chi connectivity index (χ4n) is 2.02. The van der Waals surface area contributed by atoms with E-state index in [9.17, 15) is 0 Å². The summed E-state index contributed by atoms with van der Waals surface area (Å²) in [4.78, 5) is 1.07. The van der Waals surface area contributed by atoms with Gasteiger partial charge >= 0.3 is 0 Å². The van der Waals surface area contributed by atoms with E-state index in [0.717, 1.165) is 26.9 Å². The Hall–Kier alpha value is -1.07. The van der Waals surface area contributed by atoms with Gasteiger partial charge in [0.1, 0.15) is 11.9 Å². The van der Waals surface area contributed by atoms with Gasteiger partial charge in [-0.2, -0.15) is 0 Å². The molecule has 2 N–H and O–H groups in total. The average molecular weight is 326 g/mol. The third kappa shape index (κ3) is 4.45. The van der Waals surface area contributed by atoms with E-state index >= 15 is 0 Å². The van der Waals surface area contributed by atoms with Crippen LogP contribution in [0.15, 0.2) is 36.4 Å². The van der Waals surface area contributed by atoms with Crippen molar-refractivity contribution in [2.75, 3.05) is 7.11 Å². The number of benzene rings is 1. The quantitative estimate of drug-likeness (QED) is 0.820. The van der Waals surface area contributed by atoms with Crippen molar-refractivity contribution in [1.29, 1.82) is 0 Å². The van der Waals surface area contributed by atoms with Crippen LogP contribution in [-0.4, -0.2) is 13.2 Å². The van der Waals surface area contributed by atoms with Gasteiger partial charge in [0.05, 0.1) is 18.1 Å². The molecule has 5 heteroatoms. The van der Waals surface area contributed by atoms with E-state index < -0.39 is 0 Å². The predicted octanol–water partition coefficient (Wildman–Crippen LogP) is 4.41. The molecule has 0 aliphatic carbocycles. The fraction of sp³-hybridized carbons (Fsp3) is 0.375. The third-order valence-corrected chi connectivity index (χ3v) is 4.62. The lowest BCUT2D eigenvalue weighted by molar-refractivity contribution is 0.0236. The lowest BCUT2D eigenvalue weighted by atomic mass is 10.1. The highest BCUT2D eigenvalue weighted by atomic mass is 35.5. The van der Waals surface area contributed by atoms with Crippen LogP contribution in [0.1, 0.15) is 29.9 Å². The smallest absolute Gasteiger partial charge is 0.118 e. The molecule has 0 fully saturated rings. The van der Waals surface area contributed by atoms with Gasteiger partial charge in [0, 0.05) is 10.9 Å². The molecular formula is C16H20ClNO2S. The van der Waals surface area contributed by atoms with E-state index in [1.807, 2.05) is 36.4 Å². The lowest BCUT2D eigenvalue weighted by Gasteiger charge is -2.22. The van der Waals surface area contributed by atoms with E-state index in [0.29, 0.717) is 6.61 Å². The highest BCUT2D eigenvalue weighted by Crippen LogP contribution is 2.32. The molecule has 0 aliphatic heterocycles. The summed E-state index contributed by atoms with van der Waals surface area (Å²) in [6.07, 6.45) is 0.720. The summed E-state index contributed by atoms with van der Waals surface area (Å²) < 4.78 is 11.9. The zero-order chi connectivity index (χ0) is 15.2. The molecule has 0 spiro atoms. The Morgan fingerprint density at radius 2 is 1.90 bits per heavy atom. The van der Waals surface area contributed by atoms with E-state index in [1.54, 1.807) is 7.11 Å². The van der Waals surface area contributed by atoms with Crippen molar-refractivity contribution >= 4 is 22.9 Å². The average Bonchev–Trinajstić information content (AvgIpc) is 2.94. The summed E-state index contributed by atoms with van der Waals surface area (Å²) >= 11 is 7.53. The fourth-order valence-corrected chi connectivity index (χ4v) is 3.21. The monoisotopic (exact) mass is 325 g/mol. The Labute approximate surface area is 134 Å². The molecule has 0 amide bonds. The largest absolute Gasteiger partial charge is 0.497 e. The second kappa shape index (κ2) is 7.80. The molecule has 0 saturated carbocycles. The maximum absolute atomic E-state index is 6.19. The van der Waals surface area contributed by atoms with Crippen molar-refractivity contribution in [2.24, 2.45) is 5.73 Å². The minimum atomic E-state index is -0.130. The Kier molecular flexibility index (Phi) is 6.06. The first-order valence-electron chi connectivity index (χ1n) is 6.89. The first-order chi connectivity index (χ1) is 10.1. The van der Waals surface area contributed by atoms with Gasteiger partial charge in [-0.25, -0.2) is 0 Å².